The summed E-state index contributed by atoms with van der Waals surface area (Å²) in [5, 5.41) is 7.39. The Kier molecular flexibility index (Phi) is 5.10. The Labute approximate surface area is 156 Å². The lowest BCUT2D eigenvalue weighted by Crippen LogP contribution is -2.69. The molecule has 4 aliphatic rings. The molecule has 7 heteroatoms. The van der Waals surface area contributed by atoms with Crippen molar-refractivity contribution in [1.29, 1.82) is 0 Å². The zero-order chi connectivity index (χ0) is 18.1. The van der Waals surface area contributed by atoms with Crippen molar-refractivity contribution in [2.24, 2.45) is 22.1 Å². The second-order valence-corrected chi connectivity index (χ2v) is 8.54. The Bertz CT molecular complexity index is 552. The third-order valence-corrected chi connectivity index (χ3v) is 7.11. The maximum Gasteiger partial charge on any atom is 0.231 e. The van der Waals surface area contributed by atoms with E-state index in [9.17, 15) is 4.79 Å². The van der Waals surface area contributed by atoms with Gasteiger partial charge >= 0.3 is 0 Å². The SMILES string of the molecule is CN=C(NC1CCN(CC(N)=O)CC1)NC1C2CCOC2C12CCCC2. The van der Waals surface area contributed by atoms with Crippen LogP contribution in [-0.2, 0) is 9.53 Å². The lowest BCUT2D eigenvalue weighted by Gasteiger charge is -2.57. The van der Waals surface area contributed by atoms with Crippen LogP contribution in [0.3, 0.4) is 0 Å². The van der Waals surface area contributed by atoms with Gasteiger partial charge in [-0.1, -0.05) is 12.8 Å². The molecule has 4 N–H and O–H groups in total. The van der Waals surface area contributed by atoms with Gasteiger partial charge in [-0.2, -0.15) is 0 Å². The number of fused-ring (bicyclic) bond motifs is 2. The third kappa shape index (κ3) is 3.20. The van der Waals surface area contributed by atoms with E-state index < -0.39 is 0 Å². The zero-order valence-electron chi connectivity index (χ0n) is 15.9. The number of carbonyl (C=O) groups is 1. The van der Waals surface area contributed by atoms with Gasteiger partial charge in [-0.3, -0.25) is 14.7 Å². The number of ether oxygens (including phenoxy) is 1. The van der Waals surface area contributed by atoms with Crippen LogP contribution in [0.15, 0.2) is 4.99 Å². The number of nitrogens with one attached hydrogen (secondary N) is 2. The number of likely N-dealkylation sites (tertiary alicyclic amines) is 1. The number of nitrogens with zero attached hydrogens (tertiary/aromatic N) is 2. The molecule has 3 atom stereocenters. The molecule has 2 heterocycles. The number of primary amides is 1. The second-order valence-electron chi connectivity index (χ2n) is 8.54. The number of guanidine groups is 1. The fourth-order valence-corrected chi connectivity index (χ4v) is 5.87. The second kappa shape index (κ2) is 7.35. The van der Waals surface area contributed by atoms with Gasteiger partial charge in [0.25, 0.3) is 0 Å². The van der Waals surface area contributed by atoms with Crippen LogP contribution in [0.5, 0.6) is 0 Å². The van der Waals surface area contributed by atoms with Crippen LogP contribution in [-0.4, -0.2) is 68.2 Å². The molecule has 0 aromatic rings. The van der Waals surface area contributed by atoms with E-state index in [0.29, 0.717) is 36.1 Å². The summed E-state index contributed by atoms with van der Waals surface area (Å²) in [5.41, 5.74) is 5.64. The molecule has 2 saturated carbocycles. The Morgan fingerprint density at radius 3 is 2.62 bits per heavy atom. The monoisotopic (exact) mass is 363 g/mol. The lowest BCUT2D eigenvalue weighted by atomic mass is 9.54. The van der Waals surface area contributed by atoms with Gasteiger partial charge in [0.05, 0.1) is 12.6 Å². The van der Waals surface area contributed by atoms with Crippen LogP contribution in [0.1, 0.15) is 44.9 Å². The molecule has 4 rings (SSSR count). The number of carbonyl (C=O) groups excluding carboxylic acids is 1. The van der Waals surface area contributed by atoms with Gasteiger partial charge in [0.2, 0.25) is 5.91 Å². The first-order valence-electron chi connectivity index (χ1n) is 10.2. The van der Waals surface area contributed by atoms with Gasteiger partial charge < -0.3 is 21.1 Å². The highest BCUT2D eigenvalue weighted by Gasteiger charge is 2.65. The number of piperidine rings is 1. The number of hydrogen-bond acceptors (Lipinski definition) is 4. The molecule has 2 aliphatic carbocycles. The third-order valence-electron chi connectivity index (χ3n) is 7.11. The Hall–Kier alpha value is -1.34. The van der Waals surface area contributed by atoms with E-state index in [1.54, 1.807) is 0 Å². The van der Waals surface area contributed by atoms with Gasteiger partial charge in [0.15, 0.2) is 5.96 Å². The highest BCUT2D eigenvalue weighted by Crippen LogP contribution is 2.60. The van der Waals surface area contributed by atoms with Gasteiger partial charge in [0, 0.05) is 50.2 Å². The number of hydrogen-bond donors (Lipinski definition) is 3. The molecule has 2 aliphatic heterocycles. The minimum atomic E-state index is -0.242. The topological polar surface area (TPSA) is 92.0 Å². The Morgan fingerprint density at radius 2 is 1.96 bits per heavy atom. The molecule has 1 amide bonds. The molecule has 4 fully saturated rings. The molecular weight excluding hydrogens is 330 g/mol. The summed E-state index contributed by atoms with van der Waals surface area (Å²) < 4.78 is 6.08. The van der Waals surface area contributed by atoms with Gasteiger partial charge in [0.1, 0.15) is 0 Å². The number of amides is 1. The van der Waals surface area contributed by atoms with Crippen molar-refractivity contribution in [2.45, 2.75) is 63.1 Å². The molecule has 1 spiro atoms. The summed E-state index contributed by atoms with van der Waals surface area (Å²) in [7, 11) is 1.86. The summed E-state index contributed by atoms with van der Waals surface area (Å²) in [6, 6.07) is 0.902. The van der Waals surface area contributed by atoms with Crippen LogP contribution < -0.4 is 16.4 Å². The number of aliphatic imine (C=N–C) groups is 1. The summed E-state index contributed by atoms with van der Waals surface area (Å²) in [6.07, 6.45) is 8.90. The highest BCUT2D eigenvalue weighted by atomic mass is 16.5. The van der Waals surface area contributed by atoms with Gasteiger partial charge in [-0.15, -0.1) is 0 Å². The van der Waals surface area contributed by atoms with Crippen LogP contribution in [0.25, 0.3) is 0 Å². The molecular formula is C19H33N5O2. The minimum Gasteiger partial charge on any atom is -0.377 e. The largest absolute Gasteiger partial charge is 0.377 e. The first-order chi connectivity index (χ1) is 12.6. The number of nitrogens with two attached hydrogens (primary N) is 1. The molecule has 0 aromatic carbocycles. The zero-order valence-corrected chi connectivity index (χ0v) is 15.9. The lowest BCUT2D eigenvalue weighted by molar-refractivity contribution is -0.125. The molecule has 2 saturated heterocycles. The van der Waals surface area contributed by atoms with E-state index in [2.05, 4.69) is 20.5 Å². The maximum absolute atomic E-state index is 11.1. The quantitative estimate of drug-likeness (QED) is 0.498. The molecule has 0 bridgehead atoms. The molecule has 26 heavy (non-hydrogen) atoms. The minimum absolute atomic E-state index is 0.242. The van der Waals surface area contributed by atoms with Crippen molar-refractivity contribution < 1.29 is 9.53 Å². The molecule has 0 aromatic heterocycles. The van der Waals surface area contributed by atoms with Crippen molar-refractivity contribution in [2.75, 3.05) is 33.3 Å². The maximum atomic E-state index is 11.1. The van der Waals surface area contributed by atoms with Crippen LogP contribution in [0.4, 0.5) is 0 Å². The van der Waals surface area contributed by atoms with Gasteiger partial charge in [-0.05, 0) is 32.1 Å². The van der Waals surface area contributed by atoms with E-state index in [4.69, 9.17) is 10.5 Å². The van der Waals surface area contributed by atoms with E-state index in [0.717, 1.165) is 38.5 Å². The van der Waals surface area contributed by atoms with Crippen molar-refractivity contribution >= 4 is 11.9 Å². The van der Waals surface area contributed by atoms with Crippen molar-refractivity contribution in [3.63, 3.8) is 0 Å². The van der Waals surface area contributed by atoms with Crippen molar-refractivity contribution in [1.82, 2.24) is 15.5 Å². The first kappa shape index (κ1) is 18.0. The van der Waals surface area contributed by atoms with Crippen LogP contribution >= 0.6 is 0 Å². The van der Waals surface area contributed by atoms with Crippen molar-refractivity contribution in [3.05, 3.63) is 0 Å². The summed E-state index contributed by atoms with van der Waals surface area (Å²) in [6.45, 7) is 3.10. The molecule has 7 nitrogen and oxygen atoms in total. The predicted molar refractivity (Wildman–Crippen MR) is 101 cm³/mol. The smallest absolute Gasteiger partial charge is 0.231 e. The van der Waals surface area contributed by atoms with Gasteiger partial charge in [-0.25, -0.2) is 0 Å². The molecule has 0 radical (unpaired) electrons. The van der Waals surface area contributed by atoms with E-state index in [1.807, 2.05) is 7.05 Å². The fourth-order valence-electron chi connectivity index (χ4n) is 5.87. The first-order valence-corrected chi connectivity index (χ1v) is 10.2. The van der Waals surface area contributed by atoms with Crippen LogP contribution in [0.2, 0.25) is 0 Å². The number of rotatable bonds is 4. The summed E-state index contributed by atoms with van der Waals surface area (Å²) in [4.78, 5) is 17.7. The van der Waals surface area contributed by atoms with Crippen LogP contribution in [0, 0.1) is 11.3 Å². The summed E-state index contributed by atoms with van der Waals surface area (Å²) >= 11 is 0. The summed E-state index contributed by atoms with van der Waals surface area (Å²) in [5.74, 6) is 1.33. The average molecular weight is 364 g/mol. The van der Waals surface area contributed by atoms with E-state index in [-0.39, 0.29) is 5.91 Å². The Balaban J connectivity index is 1.32. The highest BCUT2D eigenvalue weighted by molar-refractivity contribution is 5.80. The standard InChI is InChI=1S/C19H33N5O2/c1-21-18(22-13-4-9-24(10-5-13)12-15(20)25)23-16-14-6-11-26-17(14)19(16)7-2-3-8-19/h13-14,16-17H,2-12H2,1H3,(H2,20,25)(H2,21,22,23). The fraction of sp³-hybridized carbons (Fsp3) is 0.895. The normalized spacial score (nSPS) is 34.5. The predicted octanol–water partition coefficient (Wildman–Crippen LogP) is 0.449. The van der Waals surface area contributed by atoms with E-state index in [1.165, 1.54) is 32.1 Å². The van der Waals surface area contributed by atoms with E-state index >= 15 is 0 Å². The molecule has 146 valence electrons. The molecule has 3 unspecified atom stereocenters. The Morgan fingerprint density at radius 1 is 1.23 bits per heavy atom. The van der Waals surface area contributed by atoms with Crippen molar-refractivity contribution in [3.8, 4) is 0 Å². The average Bonchev–Trinajstić information content (AvgIpc) is 3.28.